The highest BCUT2D eigenvalue weighted by Gasteiger charge is 2.31. The van der Waals surface area contributed by atoms with Crippen LogP contribution in [-0.2, 0) is 9.53 Å². The van der Waals surface area contributed by atoms with E-state index in [2.05, 4.69) is 44.1 Å². The Balaban J connectivity index is 1.40. The number of aliphatic imine (C=N–C) groups is 1. The van der Waals surface area contributed by atoms with Gasteiger partial charge in [0.25, 0.3) is 0 Å². The topological polar surface area (TPSA) is 96.7 Å². The fraction of sp³-hybridized carbons (Fsp3) is 0.440. The molecular weight excluding hydrogens is 498 g/mol. The first kappa shape index (κ1) is 25.0. The standard InChI is InChI=1S/C25H30ClN7O2S/c1-15-16(2)36-25-21(15)22(18-4-6-19(26)7-5-18)29-23(24-31-30-17(3)33(24)25)28-14-20(34)27-8-9-32-10-12-35-13-11-32/h4-7,23,28H,8-14H2,1-3H3,(H,27,34). The fourth-order valence-corrected chi connectivity index (χ4v) is 5.84. The molecule has 0 aliphatic carbocycles. The van der Waals surface area contributed by atoms with Crippen LogP contribution in [0.4, 0.5) is 0 Å². The van der Waals surface area contributed by atoms with Crippen LogP contribution in [0.1, 0.15) is 39.4 Å². The second-order valence-corrected chi connectivity index (χ2v) is 10.6. The van der Waals surface area contributed by atoms with E-state index >= 15 is 0 Å². The van der Waals surface area contributed by atoms with E-state index in [1.807, 2.05) is 31.2 Å². The van der Waals surface area contributed by atoms with Crippen molar-refractivity contribution < 1.29 is 9.53 Å². The molecule has 36 heavy (non-hydrogen) atoms. The van der Waals surface area contributed by atoms with E-state index < -0.39 is 6.17 Å². The smallest absolute Gasteiger partial charge is 0.234 e. The molecule has 11 heteroatoms. The summed E-state index contributed by atoms with van der Waals surface area (Å²) in [6.45, 7) is 11.0. The SMILES string of the molecule is Cc1sc2c(c1C)C(c1ccc(Cl)cc1)=NC(NCC(=O)NCCN1CCOCC1)c1nnc(C)n1-2. The summed E-state index contributed by atoms with van der Waals surface area (Å²) in [7, 11) is 0. The molecule has 4 heterocycles. The van der Waals surface area contributed by atoms with E-state index in [4.69, 9.17) is 21.3 Å². The lowest BCUT2D eigenvalue weighted by Gasteiger charge is -2.26. The van der Waals surface area contributed by atoms with Crippen LogP contribution >= 0.6 is 22.9 Å². The maximum Gasteiger partial charge on any atom is 0.234 e. The van der Waals surface area contributed by atoms with Gasteiger partial charge in [0, 0.05) is 47.2 Å². The summed E-state index contributed by atoms with van der Waals surface area (Å²) in [4.78, 5) is 21.3. The zero-order valence-corrected chi connectivity index (χ0v) is 22.2. The Labute approximate surface area is 219 Å². The molecule has 5 rings (SSSR count). The predicted molar refractivity (Wildman–Crippen MR) is 142 cm³/mol. The normalized spacial score (nSPS) is 17.8. The van der Waals surface area contributed by atoms with E-state index in [1.54, 1.807) is 11.3 Å². The highest BCUT2D eigenvalue weighted by molar-refractivity contribution is 7.15. The Morgan fingerprint density at radius 3 is 2.67 bits per heavy atom. The quantitative estimate of drug-likeness (QED) is 0.490. The molecule has 1 fully saturated rings. The number of ether oxygens (including phenoxy) is 1. The molecule has 0 bridgehead atoms. The molecule has 0 radical (unpaired) electrons. The van der Waals surface area contributed by atoms with E-state index in [9.17, 15) is 4.79 Å². The summed E-state index contributed by atoms with van der Waals surface area (Å²) in [5.74, 6) is 1.36. The van der Waals surface area contributed by atoms with Crippen LogP contribution in [0.25, 0.3) is 5.00 Å². The van der Waals surface area contributed by atoms with Crippen LogP contribution in [0.5, 0.6) is 0 Å². The lowest BCUT2D eigenvalue weighted by atomic mass is 10.00. The molecule has 1 saturated heterocycles. The van der Waals surface area contributed by atoms with E-state index in [1.165, 1.54) is 10.4 Å². The van der Waals surface area contributed by atoms with Crippen molar-refractivity contribution in [1.29, 1.82) is 0 Å². The molecule has 1 aromatic carbocycles. The highest BCUT2D eigenvalue weighted by atomic mass is 35.5. The highest BCUT2D eigenvalue weighted by Crippen LogP contribution is 2.38. The number of aromatic nitrogens is 3. The van der Waals surface area contributed by atoms with Crippen LogP contribution in [0, 0.1) is 20.8 Å². The number of nitrogens with one attached hydrogen (secondary N) is 2. The molecule has 2 aliphatic heterocycles. The minimum absolute atomic E-state index is 0.0830. The van der Waals surface area contributed by atoms with E-state index in [0.717, 1.165) is 60.5 Å². The monoisotopic (exact) mass is 527 g/mol. The molecule has 0 spiro atoms. The number of halogens is 1. The average molecular weight is 528 g/mol. The van der Waals surface area contributed by atoms with E-state index in [0.29, 0.717) is 17.4 Å². The molecular formula is C25H30ClN7O2S. The van der Waals surface area contributed by atoms with Crippen LogP contribution in [0.15, 0.2) is 29.3 Å². The van der Waals surface area contributed by atoms with Crippen LogP contribution in [0.2, 0.25) is 5.02 Å². The molecule has 9 nitrogen and oxygen atoms in total. The first-order valence-electron chi connectivity index (χ1n) is 12.1. The van der Waals surface area contributed by atoms with Crippen LogP contribution in [0.3, 0.4) is 0 Å². The number of amides is 1. The maximum absolute atomic E-state index is 12.7. The van der Waals surface area contributed by atoms with Crippen molar-refractivity contribution in [1.82, 2.24) is 30.3 Å². The van der Waals surface area contributed by atoms with Crippen LogP contribution < -0.4 is 10.6 Å². The second-order valence-electron chi connectivity index (χ2n) is 8.98. The predicted octanol–water partition coefficient (Wildman–Crippen LogP) is 2.80. The van der Waals surface area contributed by atoms with Crippen molar-refractivity contribution in [3.05, 3.63) is 62.5 Å². The zero-order valence-electron chi connectivity index (χ0n) is 20.7. The number of nitrogens with zero attached hydrogens (tertiary/aromatic N) is 5. The van der Waals surface area contributed by atoms with Gasteiger partial charge in [-0.25, -0.2) is 0 Å². The van der Waals surface area contributed by atoms with E-state index in [-0.39, 0.29) is 12.5 Å². The summed E-state index contributed by atoms with van der Waals surface area (Å²) in [5, 5.41) is 16.8. The number of hydrogen-bond donors (Lipinski definition) is 2. The first-order chi connectivity index (χ1) is 17.4. The number of hydrogen-bond acceptors (Lipinski definition) is 8. The lowest BCUT2D eigenvalue weighted by molar-refractivity contribution is -0.120. The molecule has 3 aromatic rings. The van der Waals surface area contributed by atoms with Gasteiger partial charge in [-0.3, -0.25) is 24.6 Å². The van der Waals surface area contributed by atoms with Gasteiger partial charge in [0.1, 0.15) is 10.8 Å². The second kappa shape index (κ2) is 10.8. The van der Waals surface area contributed by atoms with Gasteiger partial charge in [-0.05, 0) is 38.5 Å². The van der Waals surface area contributed by atoms with Gasteiger partial charge in [-0.1, -0.05) is 23.7 Å². The van der Waals surface area contributed by atoms with Crippen LogP contribution in [-0.4, -0.2) is 77.2 Å². The third-order valence-corrected chi connectivity index (χ3v) is 8.03. The molecule has 1 unspecified atom stereocenters. The number of carbonyl (C=O) groups excluding carboxylic acids is 1. The number of rotatable bonds is 7. The van der Waals surface area contributed by atoms with Crippen molar-refractivity contribution in [2.45, 2.75) is 26.9 Å². The van der Waals surface area contributed by atoms with Gasteiger partial charge in [0.15, 0.2) is 12.0 Å². The largest absolute Gasteiger partial charge is 0.379 e. The molecule has 1 amide bonds. The Morgan fingerprint density at radius 2 is 1.92 bits per heavy atom. The average Bonchev–Trinajstić information content (AvgIpc) is 3.35. The first-order valence-corrected chi connectivity index (χ1v) is 13.3. The Bertz CT molecular complexity index is 1280. The lowest BCUT2D eigenvalue weighted by Crippen LogP contribution is -2.43. The summed E-state index contributed by atoms with van der Waals surface area (Å²) >= 11 is 7.87. The van der Waals surface area contributed by atoms with Crippen molar-refractivity contribution in [3.63, 3.8) is 0 Å². The third kappa shape index (κ3) is 5.09. The molecule has 190 valence electrons. The summed E-state index contributed by atoms with van der Waals surface area (Å²) < 4.78 is 7.44. The molecule has 2 aromatic heterocycles. The van der Waals surface area contributed by atoms with Gasteiger partial charge in [0.05, 0.1) is 25.5 Å². The molecule has 2 aliphatic rings. The van der Waals surface area contributed by atoms with Gasteiger partial charge in [0.2, 0.25) is 5.91 Å². The van der Waals surface area contributed by atoms with Gasteiger partial charge >= 0.3 is 0 Å². The minimum atomic E-state index is -0.541. The van der Waals surface area contributed by atoms with Crippen molar-refractivity contribution >= 4 is 34.6 Å². The van der Waals surface area contributed by atoms with Crippen molar-refractivity contribution in [2.24, 2.45) is 4.99 Å². The third-order valence-electron chi connectivity index (χ3n) is 6.59. The zero-order chi connectivity index (χ0) is 25.2. The molecule has 1 atom stereocenters. The summed E-state index contributed by atoms with van der Waals surface area (Å²) in [5.41, 5.74) is 4.03. The number of aryl methyl sites for hydroxylation is 2. The number of thiophene rings is 1. The van der Waals surface area contributed by atoms with Crippen molar-refractivity contribution in [3.8, 4) is 5.00 Å². The minimum Gasteiger partial charge on any atom is -0.379 e. The number of carbonyl (C=O) groups is 1. The Kier molecular flexibility index (Phi) is 7.49. The van der Waals surface area contributed by atoms with Crippen molar-refractivity contribution in [2.75, 3.05) is 45.9 Å². The van der Waals surface area contributed by atoms with Gasteiger partial charge < -0.3 is 10.1 Å². The number of benzene rings is 1. The Morgan fingerprint density at radius 1 is 1.17 bits per heavy atom. The maximum atomic E-state index is 12.7. The summed E-state index contributed by atoms with van der Waals surface area (Å²) in [6, 6.07) is 7.69. The summed E-state index contributed by atoms with van der Waals surface area (Å²) in [6.07, 6.45) is -0.541. The molecule has 2 N–H and O–H groups in total. The van der Waals surface area contributed by atoms with Gasteiger partial charge in [-0.2, -0.15) is 0 Å². The number of morpholine rings is 1. The Hall–Kier alpha value is -2.63. The molecule has 0 saturated carbocycles. The number of fused-ring (bicyclic) bond motifs is 3. The fourth-order valence-electron chi connectivity index (χ4n) is 4.50. The van der Waals surface area contributed by atoms with Gasteiger partial charge in [-0.15, -0.1) is 21.5 Å².